The van der Waals surface area contributed by atoms with Crippen LogP contribution >= 0.6 is 43.2 Å². The molecule has 10 nitrogen and oxygen atoms in total. The molecule has 1 aliphatic heterocycles. The summed E-state index contributed by atoms with van der Waals surface area (Å²) in [4.78, 5) is 44.1. The lowest BCUT2D eigenvalue weighted by Gasteiger charge is -2.26. The first kappa shape index (κ1) is 34.0. The van der Waals surface area contributed by atoms with Gasteiger partial charge in [-0.3, -0.25) is 19.5 Å². The molecule has 4 aromatic carbocycles. The lowest BCUT2D eigenvalue weighted by Crippen LogP contribution is -2.40. The summed E-state index contributed by atoms with van der Waals surface area (Å²) in [5.74, 6) is 0.525. The van der Waals surface area contributed by atoms with E-state index in [0.717, 1.165) is 10.0 Å². The lowest BCUT2D eigenvalue weighted by molar-refractivity contribution is -0.384. The van der Waals surface area contributed by atoms with E-state index in [9.17, 15) is 19.7 Å². The second-order valence-corrected chi connectivity index (χ2v) is 13.5. The smallest absolute Gasteiger partial charge is 0.338 e. The highest BCUT2D eigenvalue weighted by Crippen LogP contribution is 2.37. The third-order valence-electron chi connectivity index (χ3n) is 7.66. The fourth-order valence-corrected chi connectivity index (χ4v) is 7.76. The summed E-state index contributed by atoms with van der Waals surface area (Å²) >= 11 is 8.32. The summed E-state index contributed by atoms with van der Waals surface area (Å²) in [6.07, 6.45) is 1.73. The van der Waals surface area contributed by atoms with Gasteiger partial charge in [0.2, 0.25) is 0 Å². The molecule has 2 heterocycles. The van der Waals surface area contributed by atoms with Crippen LogP contribution in [0.4, 0.5) is 5.69 Å². The zero-order valence-corrected chi connectivity index (χ0v) is 30.1. The maximum Gasteiger partial charge on any atom is 0.338 e. The van der Waals surface area contributed by atoms with Gasteiger partial charge < -0.3 is 14.2 Å². The first-order chi connectivity index (χ1) is 23.7. The van der Waals surface area contributed by atoms with Gasteiger partial charge in [-0.15, -0.1) is 0 Å². The molecule has 49 heavy (non-hydrogen) atoms. The molecular formula is C36H27Br2N3O7S. The summed E-state index contributed by atoms with van der Waals surface area (Å²) < 4.78 is 20.4. The third kappa shape index (κ3) is 7.14. The zero-order valence-electron chi connectivity index (χ0n) is 26.1. The largest absolute Gasteiger partial charge is 0.497 e. The number of benzene rings is 4. The van der Waals surface area contributed by atoms with Crippen LogP contribution in [-0.2, 0) is 16.1 Å². The molecule has 0 bridgehead atoms. The number of hydrogen-bond donors (Lipinski definition) is 0. The van der Waals surface area contributed by atoms with Crippen molar-refractivity contribution in [1.29, 1.82) is 0 Å². The molecule has 6 rings (SSSR count). The van der Waals surface area contributed by atoms with Crippen LogP contribution in [0.2, 0.25) is 0 Å². The molecule has 0 amide bonds. The van der Waals surface area contributed by atoms with Crippen molar-refractivity contribution in [1.82, 2.24) is 4.57 Å². The normalized spacial score (nSPS) is 14.2. The van der Waals surface area contributed by atoms with Crippen molar-refractivity contribution in [2.24, 2.45) is 4.99 Å². The number of nitrogens with zero attached hydrogens (tertiary/aromatic N) is 3. The van der Waals surface area contributed by atoms with Crippen LogP contribution in [0.25, 0.3) is 11.8 Å². The number of ether oxygens (including phenoxy) is 3. The molecule has 0 saturated carbocycles. The van der Waals surface area contributed by atoms with Crippen molar-refractivity contribution in [2.45, 2.75) is 19.6 Å². The Balaban J connectivity index is 1.52. The third-order valence-corrected chi connectivity index (χ3v) is 9.69. The van der Waals surface area contributed by atoms with Gasteiger partial charge in [0.1, 0.15) is 18.1 Å². The van der Waals surface area contributed by atoms with Gasteiger partial charge in [-0.2, -0.15) is 0 Å². The number of hydrogen-bond acceptors (Lipinski definition) is 9. The molecule has 0 aliphatic carbocycles. The maximum absolute atomic E-state index is 14.4. The predicted molar refractivity (Wildman–Crippen MR) is 193 cm³/mol. The van der Waals surface area contributed by atoms with Crippen molar-refractivity contribution in [3.8, 4) is 11.5 Å². The highest BCUT2D eigenvalue weighted by Gasteiger charge is 2.35. The Bertz CT molecular complexity index is 2270. The standard InChI is InChI=1S/C36H27Br2N3O7S/c1-3-47-35(43)30-31(22-7-5-4-6-8-22)39-36-40(32(30)23-11-15-27(46-2)16-12-23)34(42)29(49-36)18-24-17-25(37)19-28(38)33(24)48-20-21-9-13-26(14-10-21)41(44)45/h4-19,32H,3,20H2,1-2H3/b29-18-/t32-/m0/s1. The van der Waals surface area contributed by atoms with Gasteiger partial charge in [0.15, 0.2) is 4.80 Å². The number of nitro groups is 1. The fourth-order valence-electron chi connectivity index (χ4n) is 5.39. The number of methoxy groups -OCH3 is 1. The summed E-state index contributed by atoms with van der Waals surface area (Å²) in [6, 6.07) is 25.5. The van der Waals surface area contributed by atoms with E-state index in [1.165, 1.54) is 28.0 Å². The first-order valence-electron chi connectivity index (χ1n) is 15.0. The number of aromatic nitrogens is 1. The Kier molecular flexibility index (Phi) is 10.2. The molecule has 248 valence electrons. The van der Waals surface area contributed by atoms with Crippen molar-refractivity contribution < 1.29 is 23.9 Å². The Morgan fingerprint density at radius 3 is 2.41 bits per heavy atom. The van der Waals surface area contributed by atoms with Gasteiger partial charge in [-0.1, -0.05) is 69.7 Å². The molecule has 0 N–H and O–H groups in total. The minimum atomic E-state index is -0.842. The van der Waals surface area contributed by atoms with Crippen molar-refractivity contribution in [3.05, 3.63) is 158 Å². The number of thiazole rings is 1. The number of esters is 1. The number of non-ortho nitro benzene ring substituents is 1. The fraction of sp³-hybridized carbons (Fsp3) is 0.139. The van der Waals surface area contributed by atoms with Gasteiger partial charge in [0.05, 0.1) is 45.0 Å². The molecule has 5 aromatic rings. The van der Waals surface area contributed by atoms with Crippen LogP contribution in [0.1, 0.15) is 35.2 Å². The molecule has 0 fully saturated rings. The van der Waals surface area contributed by atoms with Crippen molar-refractivity contribution in [3.63, 3.8) is 0 Å². The maximum atomic E-state index is 14.4. The second-order valence-electron chi connectivity index (χ2n) is 10.7. The molecule has 1 aliphatic rings. The number of halogens is 2. The molecule has 13 heteroatoms. The lowest BCUT2D eigenvalue weighted by atomic mass is 9.93. The predicted octanol–water partition coefficient (Wildman–Crippen LogP) is 6.96. The van der Waals surface area contributed by atoms with Crippen LogP contribution in [0.5, 0.6) is 11.5 Å². The number of carbonyl (C=O) groups is 1. The Labute approximate surface area is 301 Å². The Hall–Kier alpha value is -4.85. The van der Waals surface area contributed by atoms with E-state index in [1.807, 2.05) is 54.6 Å². The molecule has 0 radical (unpaired) electrons. The monoisotopic (exact) mass is 803 g/mol. The van der Waals surface area contributed by atoms with Crippen LogP contribution in [0.3, 0.4) is 0 Å². The average molecular weight is 806 g/mol. The summed E-state index contributed by atoms with van der Waals surface area (Å²) in [7, 11) is 1.57. The van der Waals surface area contributed by atoms with E-state index in [0.29, 0.717) is 47.7 Å². The molecule has 0 unspecified atom stereocenters. The number of fused-ring (bicyclic) bond motifs is 1. The first-order valence-corrected chi connectivity index (χ1v) is 17.4. The zero-order chi connectivity index (χ0) is 34.7. The topological polar surface area (TPSA) is 122 Å². The van der Waals surface area contributed by atoms with Crippen LogP contribution in [0, 0.1) is 10.1 Å². The van der Waals surface area contributed by atoms with Crippen LogP contribution < -0.4 is 24.4 Å². The summed E-state index contributed by atoms with van der Waals surface area (Å²) in [5, 5.41) is 11.1. The second kappa shape index (κ2) is 14.7. The SMILES string of the molecule is CCOC(=O)C1=C(c2ccccc2)N=c2s/c(=C\c3cc(Br)cc(Br)c3OCc3ccc([N+](=O)[O-])cc3)c(=O)n2[C@H]1c1ccc(OC)cc1. The summed E-state index contributed by atoms with van der Waals surface area (Å²) in [6.45, 7) is 2.00. The highest BCUT2D eigenvalue weighted by atomic mass is 79.9. The van der Waals surface area contributed by atoms with E-state index in [-0.39, 0.29) is 30.0 Å². The van der Waals surface area contributed by atoms with Gasteiger partial charge in [0.25, 0.3) is 11.2 Å². The van der Waals surface area contributed by atoms with Crippen molar-refractivity contribution >= 4 is 66.6 Å². The van der Waals surface area contributed by atoms with E-state index >= 15 is 0 Å². The quantitative estimate of drug-likeness (QED) is 0.0851. The van der Waals surface area contributed by atoms with Crippen LogP contribution in [0.15, 0.2) is 115 Å². The van der Waals surface area contributed by atoms with Crippen LogP contribution in [-0.4, -0.2) is 29.2 Å². The average Bonchev–Trinajstić information content (AvgIpc) is 3.41. The molecule has 1 atom stereocenters. The molecule has 1 aromatic heterocycles. The van der Waals surface area contributed by atoms with Crippen molar-refractivity contribution in [2.75, 3.05) is 13.7 Å². The minimum absolute atomic E-state index is 0.0147. The Morgan fingerprint density at radius 2 is 1.76 bits per heavy atom. The molecule has 0 spiro atoms. The number of rotatable bonds is 10. The van der Waals surface area contributed by atoms with Gasteiger partial charge in [-0.25, -0.2) is 9.79 Å². The van der Waals surface area contributed by atoms with E-state index in [4.69, 9.17) is 19.2 Å². The van der Waals surface area contributed by atoms with E-state index in [2.05, 4.69) is 31.9 Å². The number of nitro benzene ring substituents is 1. The van der Waals surface area contributed by atoms with Gasteiger partial charge >= 0.3 is 5.97 Å². The number of carbonyl (C=O) groups excluding carboxylic acids is 1. The van der Waals surface area contributed by atoms with Gasteiger partial charge in [0, 0.05) is 27.7 Å². The summed E-state index contributed by atoms with van der Waals surface area (Å²) in [5.41, 5.74) is 3.01. The minimum Gasteiger partial charge on any atom is -0.497 e. The van der Waals surface area contributed by atoms with E-state index in [1.54, 1.807) is 44.4 Å². The molecular weight excluding hydrogens is 778 g/mol. The molecule has 0 saturated heterocycles. The highest BCUT2D eigenvalue weighted by molar-refractivity contribution is 9.11. The van der Waals surface area contributed by atoms with Gasteiger partial charge in [-0.05, 0) is 76.5 Å². The van der Waals surface area contributed by atoms with E-state index < -0.39 is 16.9 Å². The Morgan fingerprint density at radius 1 is 1.04 bits per heavy atom.